The van der Waals surface area contributed by atoms with Crippen molar-refractivity contribution in [1.29, 1.82) is 0 Å². The van der Waals surface area contributed by atoms with Crippen molar-refractivity contribution in [2.24, 2.45) is 7.05 Å². The van der Waals surface area contributed by atoms with E-state index in [1.54, 1.807) is 20.2 Å². The monoisotopic (exact) mass is 330 g/mol. The lowest BCUT2D eigenvalue weighted by atomic mass is 10.1. The van der Waals surface area contributed by atoms with Crippen LogP contribution >= 0.6 is 0 Å². The summed E-state index contributed by atoms with van der Waals surface area (Å²) in [5, 5.41) is 9.47. The highest BCUT2D eigenvalue weighted by Gasteiger charge is 2.12. The van der Waals surface area contributed by atoms with E-state index in [4.69, 9.17) is 4.74 Å². The van der Waals surface area contributed by atoms with Crippen LogP contribution in [0.4, 0.5) is 0 Å². The molecule has 0 unspecified atom stereocenters. The number of ether oxygens (including phenoxy) is 1. The number of carbonyl (C=O) groups excluding carboxylic acids is 2. The topological polar surface area (TPSA) is 85.2 Å². The van der Waals surface area contributed by atoms with Crippen LogP contribution in [-0.4, -0.2) is 41.8 Å². The maximum Gasteiger partial charge on any atom is 0.269 e. The first-order valence-electron chi connectivity index (χ1n) is 7.68. The molecule has 0 atom stereocenters. The molecule has 0 spiro atoms. The van der Waals surface area contributed by atoms with Gasteiger partial charge in [-0.3, -0.25) is 14.3 Å². The van der Waals surface area contributed by atoms with Gasteiger partial charge in [0.05, 0.1) is 19.3 Å². The number of nitrogens with one attached hydrogen (secondary N) is 2. The van der Waals surface area contributed by atoms with Gasteiger partial charge in [0.2, 0.25) is 5.91 Å². The Morgan fingerprint density at radius 2 is 2.04 bits per heavy atom. The number of amides is 2. The zero-order chi connectivity index (χ0) is 17.5. The predicted octanol–water partition coefficient (Wildman–Crippen LogP) is 0.826. The molecule has 0 aliphatic carbocycles. The molecule has 7 nitrogen and oxygen atoms in total. The molecular weight excluding hydrogens is 308 g/mol. The van der Waals surface area contributed by atoms with Crippen molar-refractivity contribution in [3.05, 3.63) is 47.3 Å². The SMILES string of the molecule is COc1cccc(CCNC(=O)CNC(=O)c2cc(C)nn2C)c1. The van der Waals surface area contributed by atoms with E-state index in [1.165, 1.54) is 4.68 Å². The first-order chi connectivity index (χ1) is 11.5. The molecule has 2 aromatic rings. The van der Waals surface area contributed by atoms with Crippen molar-refractivity contribution < 1.29 is 14.3 Å². The van der Waals surface area contributed by atoms with Crippen molar-refractivity contribution >= 4 is 11.8 Å². The Labute approximate surface area is 141 Å². The highest BCUT2D eigenvalue weighted by molar-refractivity contribution is 5.95. The molecule has 1 heterocycles. The van der Waals surface area contributed by atoms with E-state index in [0.717, 1.165) is 17.0 Å². The van der Waals surface area contributed by atoms with Gasteiger partial charge in [-0.2, -0.15) is 5.10 Å². The van der Waals surface area contributed by atoms with E-state index in [0.29, 0.717) is 18.7 Å². The third-order valence-corrected chi connectivity index (χ3v) is 3.51. The fraction of sp³-hybridized carbons (Fsp3) is 0.353. The molecule has 2 amide bonds. The van der Waals surface area contributed by atoms with Gasteiger partial charge >= 0.3 is 0 Å². The van der Waals surface area contributed by atoms with Gasteiger partial charge in [0.15, 0.2) is 0 Å². The molecule has 7 heteroatoms. The molecule has 1 aromatic carbocycles. The van der Waals surface area contributed by atoms with Crippen molar-refractivity contribution in [2.75, 3.05) is 20.2 Å². The van der Waals surface area contributed by atoms with Crippen LogP contribution in [0.1, 0.15) is 21.7 Å². The van der Waals surface area contributed by atoms with Gasteiger partial charge in [-0.05, 0) is 37.1 Å². The first kappa shape index (κ1) is 17.5. The van der Waals surface area contributed by atoms with Crippen LogP contribution in [0.3, 0.4) is 0 Å². The van der Waals surface area contributed by atoms with E-state index in [9.17, 15) is 9.59 Å². The van der Waals surface area contributed by atoms with Gasteiger partial charge in [-0.25, -0.2) is 0 Å². The number of methoxy groups -OCH3 is 1. The van der Waals surface area contributed by atoms with Crippen LogP contribution in [0.15, 0.2) is 30.3 Å². The van der Waals surface area contributed by atoms with E-state index in [2.05, 4.69) is 15.7 Å². The maximum atomic E-state index is 12.0. The highest BCUT2D eigenvalue weighted by atomic mass is 16.5. The smallest absolute Gasteiger partial charge is 0.269 e. The van der Waals surface area contributed by atoms with Crippen LogP contribution in [-0.2, 0) is 18.3 Å². The summed E-state index contributed by atoms with van der Waals surface area (Å²) in [6.45, 7) is 2.23. The lowest BCUT2D eigenvalue weighted by Gasteiger charge is -2.08. The Morgan fingerprint density at radius 1 is 1.25 bits per heavy atom. The minimum Gasteiger partial charge on any atom is -0.497 e. The molecule has 24 heavy (non-hydrogen) atoms. The zero-order valence-electron chi connectivity index (χ0n) is 14.1. The summed E-state index contributed by atoms with van der Waals surface area (Å²) < 4.78 is 6.65. The molecule has 0 saturated heterocycles. The average molecular weight is 330 g/mol. The van der Waals surface area contributed by atoms with Crippen molar-refractivity contribution in [3.8, 4) is 5.75 Å². The second-order valence-electron chi connectivity index (χ2n) is 5.43. The number of rotatable bonds is 7. The Balaban J connectivity index is 1.73. The molecule has 1 aromatic heterocycles. The number of hydrogen-bond donors (Lipinski definition) is 2. The molecule has 0 radical (unpaired) electrons. The lowest BCUT2D eigenvalue weighted by Crippen LogP contribution is -2.38. The number of carbonyl (C=O) groups is 2. The Bertz CT molecular complexity index is 724. The summed E-state index contributed by atoms with van der Waals surface area (Å²) in [4.78, 5) is 23.8. The summed E-state index contributed by atoms with van der Waals surface area (Å²) in [6, 6.07) is 9.36. The second kappa shape index (κ2) is 8.14. The molecule has 0 saturated carbocycles. The second-order valence-corrected chi connectivity index (χ2v) is 5.43. The van der Waals surface area contributed by atoms with E-state index >= 15 is 0 Å². The van der Waals surface area contributed by atoms with Gasteiger partial charge in [0.25, 0.3) is 5.91 Å². The summed E-state index contributed by atoms with van der Waals surface area (Å²) in [5.41, 5.74) is 2.26. The molecule has 2 N–H and O–H groups in total. The van der Waals surface area contributed by atoms with Crippen molar-refractivity contribution in [3.63, 3.8) is 0 Å². The minimum absolute atomic E-state index is 0.0683. The highest BCUT2D eigenvalue weighted by Crippen LogP contribution is 2.12. The van der Waals surface area contributed by atoms with Gasteiger partial charge in [-0.15, -0.1) is 0 Å². The van der Waals surface area contributed by atoms with Gasteiger partial charge in [0.1, 0.15) is 11.4 Å². The maximum absolute atomic E-state index is 12.0. The van der Waals surface area contributed by atoms with Crippen molar-refractivity contribution in [1.82, 2.24) is 20.4 Å². The van der Waals surface area contributed by atoms with E-state index in [1.807, 2.05) is 31.2 Å². The quantitative estimate of drug-likeness (QED) is 0.787. The van der Waals surface area contributed by atoms with Crippen molar-refractivity contribution in [2.45, 2.75) is 13.3 Å². The standard InChI is InChI=1S/C17H22N4O3/c1-12-9-15(21(2)20-12)17(23)19-11-16(22)18-8-7-13-5-4-6-14(10-13)24-3/h4-6,9-10H,7-8,11H2,1-3H3,(H,18,22)(H,19,23). The number of aryl methyl sites for hydroxylation is 2. The van der Waals surface area contributed by atoms with Crippen LogP contribution in [0.5, 0.6) is 5.75 Å². The third-order valence-electron chi connectivity index (χ3n) is 3.51. The summed E-state index contributed by atoms with van der Waals surface area (Å²) in [6.07, 6.45) is 0.692. The van der Waals surface area contributed by atoms with Crippen LogP contribution in [0.25, 0.3) is 0 Å². The Hall–Kier alpha value is -2.83. The number of aromatic nitrogens is 2. The largest absolute Gasteiger partial charge is 0.497 e. The van der Waals surface area contributed by atoms with E-state index in [-0.39, 0.29) is 18.4 Å². The summed E-state index contributed by atoms with van der Waals surface area (Å²) in [7, 11) is 3.31. The zero-order valence-corrected chi connectivity index (χ0v) is 14.1. The number of benzene rings is 1. The van der Waals surface area contributed by atoms with E-state index < -0.39 is 0 Å². The first-order valence-corrected chi connectivity index (χ1v) is 7.68. The fourth-order valence-corrected chi connectivity index (χ4v) is 2.31. The molecule has 0 fully saturated rings. The Morgan fingerprint density at radius 3 is 2.71 bits per heavy atom. The Kier molecular flexibility index (Phi) is 5.95. The fourth-order valence-electron chi connectivity index (χ4n) is 2.31. The molecular formula is C17H22N4O3. The normalized spacial score (nSPS) is 10.3. The van der Waals surface area contributed by atoms with Crippen LogP contribution in [0.2, 0.25) is 0 Å². The van der Waals surface area contributed by atoms with Crippen LogP contribution < -0.4 is 15.4 Å². The summed E-state index contributed by atoms with van der Waals surface area (Å²) >= 11 is 0. The number of hydrogen-bond acceptors (Lipinski definition) is 4. The predicted molar refractivity (Wildman–Crippen MR) is 90.0 cm³/mol. The van der Waals surface area contributed by atoms with Gasteiger partial charge < -0.3 is 15.4 Å². The summed E-state index contributed by atoms with van der Waals surface area (Å²) in [5.74, 6) is 0.240. The number of nitrogens with zero attached hydrogens (tertiary/aromatic N) is 2. The molecule has 0 aliphatic rings. The van der Waals surface area contributed by atoms with Gasteiger partial charge in [0, 0.05) is 13.6 Å². The van der Waals surface area contributed by atoms with Gasteiger partial charge in [-0.1, -0.05) is 12.1 Å². The molecule has 0 aliphatic heterocycles. The lowest BCUT2D eigenvalue weighted by molar-refractivity contribution is -0.120. The molecule has 0 bridgehead atoms. The van der Waals surface area contributed by atoms with Crippen LogP contribution in [0, 0.1) is 6.92 Å². The average Bonchev–Trinajstić information content (AvgIpc) is 2.91. The molecule has 2 rings (SSSR count). The molecule has 128 valence electrons. The third kappa shape index (κ3) is 4.84. The minimum atomic E-state index is -0.318.